The minimum absolute atomic E-state index is 0.214. The number of nitrogens with one attached hydrogen (secondary N) is 1. The average Bonchev–Trinajstić information content (AvgIpc) is 3.29. The van der Waals surface area contributed by atoms with Crippen molar-refractivity contribution in [2.75, 3.05) is 26.7 Å². The van der Waals surface area contributed by atoms with Crippen LogP contribution in [-0.4, -0.2) is 37.6 Å². The maximum atomic E-state index is 11.7. The molecule has 1 atom stereocenters. The highest BCUT2D eigenvalue weighted by Crippen LogP contribution is 2.24. The zero-order valence-corrected chi connectivity index (χ0v) is 14.9. The zero-order valence-electron chi connectivity index (χ0n) is 14.9. The van der Waals surface area contributed by atoms with Gasteiger partial charge in [0.15, 0.2) is 0 Å². The number of carbonyl (C=O) groups is 1. The minimum atomic E-state index is -0.366. The van der Waals surface area contributed by atoms with E-state index in [2.05, 4.69) is 10.2 Å². The molecule has 3 rings (SSSR count). The number of likely N-dealkylation sites (tertiary alicyclic amines) is 1. The molecule has 0 bridgehead atoms. The van der Waals surface area contributed by atoms with Crippen LogP contribution in [0.2, 0.25) is 0 Å². The van der Waals surface area contributed by atoms with Gasteiger partial charge in [-0.3, -0.25) is 4.90 Å². The summed E-state index contributed by atoms with van der Waals surface area (Å²) in [5.41, 5.74) is 0.484. The smallest absolute Gasteiger partial charge is 0.341 e. The van der Waals surface area contributed by atoms with Gasteiger partial charge < -0.3 is 18.9 Å². The summed E-state index contributed by atoms with van der Waals surface area (Å²) in [6.45, 7) is 5.29. The van der Waals surface area contributed by atoms with E-state index in [0.29, 0.717) is 17.9 Å². The summed E-state index contributed by atoms with van der Waals surface area (Å²) in [6, 6.07) is 5.93. The fourth-order valence-corrected chi connectivity index (χ4v) is 3.40. The SMILES string of the molecule is COC(=O)c1cc(CNC[C@@H](c2ccco2)N2CCCCC2)oc1C. The van der Waals surface area contributed by atoms with Gasteiger partial charge in [0.25, 0.3) is 0 Å². The van der Waals surface area contributed by atoms with Crippen LogP contribution in [0.15, 0.2) is 33.3 Å². The second-order valence-electron chi connectivity index (χ2n) is 6.43. The number of hydrogen-bond acceptors (Lipinski definition) is 6. The molecule has 0 unspecified atom stereocenters. The summed E-state index contributed by atoms with van der Waals surface area (Å²) in [7, 11) is 1.37. The number of ether oxygens (including phenoxy) is 1. The lowest BCUT2D eigenvalue weighted by molar-refractivity contribution is 0.0599. The van der Waals surface area contributed by atoms with E-state index in [9.17, 15) is 4.79 Å². The van der Waals surface area contributed by atoms with Gasteiger partial charge in [0.1, 0.15) is 22.8 Å². The molecule has 1 fully saturated rings. The van der Waals surface area contributed by atoms with Crippen molar-refractivity contribution in [1.29, 1.82) is 0 Å². The van der Waals surface area contributed by atoms with E-state index in [4.69, 9.17) is 13.6 Å². The van der Waals surface area contributed by atoms with Gasteiger partial charge in [-0.2, -0.15) is 0 Å². The molecule has 0 saturated carbocycles. The molecule has 0 aromatic carbocycles. The first-order valence-electron chi connectivity index (χ1n) is 8.85. The molecule has 1 aliphatic rings. The number of methoxy groups -OCH3 is 1. The van der Waals surface area contributed by atoms with Gasteiger partial charge in [0.05, 0.1) is 26.0 Å². The average molecular weight is 346 g/mol. The third kappa shape index (κ3) is 4.32. The lowest BCUT2D eigenvalue weighted by Gasteiger charge is -2.33. The largest absolute Gasteiger partial charge is 0.468 e. The summed E-state index contributed by atoms with van der Waals surface area (Å²) >= 11 is 0. The Morgan fingerprint density at radius 3 is 2.84 bits per heavy atom. The van der Waals surface area contributed by atoms with Crippen LogP contribution in [0.5, 0.6) is 0 Å². The number of hydrogen-bond donors (Lipinski definition) is 1. The summed E-state index contributed by atoms with van der Waals surface area (Å²) in [6.07, 6.45) is 5.50. The second-order valence-corrected chi connectivity index (χ2v) is 6.43. The fourth-order valence-electron chi connectivity index (χ4n) is 3.40. The molecule has 2 aromatic rings. The van der Waals surface area contributed by atoms with Gasteiger partial charge in [-0.25, -0.2) is 4.79 Å². The molecule has 136 valence electrons. The minimum Gasteiger partial charge on any atom is -0.468 e. The maximum Gasteiger partial charge on any atom is 0.341 e. The number of furan rings is 2. The highest BCUT2D eigenvalue weighted by atomic mass is 16.5. The Morgan fingerprint density at radius 2 is 2.16 bits per heavy atom. The lowest BCUT2D eigenvalue weighted by atomic mass is 10.1. The molecular formula is C19H26N2O4. The van der Waals surface area contributed by atoms with Crippen LogP contribution < -0.4 is 5.32 Å². The van der Waals surface area contributed by atoms with Crippen LogP contribution in [0.4, 0.5) is 0 Å². The highest BCUT2D eigenvalue weighted by Gasteiger charge is 2.24. The van der Waals surface area contributed by atoms with E-state index < -0.39 is 0 Å². The van der Waals surface area contributed by atoms with Crippen molar-refractivity contribution >= 4 is 5.97 Å². The van der Waals surface area contributed by atoms with E-state index in [0.717, 1.165) is 31.2 Å². The van der Waals surface area contributed by atoms with E-state index in [1.54, 1.807) is 19.3 Å². The predicted molar refractivity (Wildman–Crippen MR) is 93.4 cm³/mol. The standard InChI is InChI=1S/C19H26N2O4/c1-14-16(19(22)23-2)11-15(25-14)12-20-13-17(18-7-6-10-24-18)21-8-4-3-5-9-21/h6-7,10-11,17,20H,3-5,8-9,12-13H2,1-2H3/t17-/m0/s1. The first-order chi connectivity index (χ1) is 12.2. The van der Waals surface area contributed by atoms with Crippen LogP contribution in [0, 0.1) is 6.92 Å². The van der Waals surface area contributed by atoms with Gasteiger partial charge in [-0.1, -0.05) is 6.42 Å². The molecule has 2 aromatic heterocycles. The molecular weight excluding hydrogens is 320 g/mol. The molecule has 0 amide bonds. The van der Waals surface area contributed by atoms with Gasteiger partial charge in [0, 0.05) is 6.54 Å². The van der Waals surface area contributed by atoms with Crippen LogP contribution in [0.1, 0.15) is 52.9 Å². The molecule has 3 heterocycles. The van der Waals surface area contributed by atoms with Crippen LogP contribution in [-0.2, 0) is 11.3 Å². The Morgan fingerprint density at radius 1 is 1.36 bits per heavy atom. The van der Waals surface area contributed by atoms with Crippen LogP contribution >= 0.6 is 0 Å². The first kappa shape index (κ1) is 17.8. The Kier molecular flexibility index (Phi) is 5.94. The summed E-state index contributed by atoms with van der Waals surface area (Å²) < 4.78 is 16.1. The monoisotopic (exact) mass is 346 g/mol. The third-order valence-electron chi connectivity index (χ3n) is 4.71. The third-order valence-corrected chi connectivity index (χ3v) is 4.71. The van der Waals surface area contributed by atoms with Crippen LogP contribution in [0.3, 0.4) is 0 Å². The quantitative estimate of drug-likeness (QED) is 0.776. The van der Waals surface area contributed by atoms with Crippen LogP contribution in [0.25, 0.3) is 0 Å². The molecule has 6 nitrogen and oxygen atoms in total. The highest BCUT2D eigenvalue weighted by molar-refractivity contribution is 5.90. The topological polar surface area (TPSA) is 67.8 Å². The number of esters is 1. The second kappa shape index (κ2) is 8.36. The molecule has 25 heavy (non-hydrogen) atoms. The molecule has 0 radical (unpaired) electrons. The zero-order chi connectivity index (χ0) is 17.6. The van der Waals surface area contributed by atoms with Crippen molar-refractivity contribution in [2.24, 2.45) is 0 Å². The molecule has 0 spiro atoms. The molecule has 0 aliphatic carbocycles. The van der Waals surface area contributed by atoms with E-state index in [-0.39, 0.29) is 12.0 Å². The van der Waals surface area contributed by atoms with E-state index in [1.165, 1.54) is 26.4 Å². The van der Waals surface area contributed by atoms with E-state index in [1.807, 2.05) is 12.1 Å². The summed E-state index contributed by atoms with van der Waals surface area (Å²) in [5, 5.41) is 3.44. The molecule has 1 aliphatic heterocycles. The van der Waals surface area contributed by atoms with Crippen molar-refractivity contribution in [3.05, 3.63) is 47.3 Å². The van der Waals surface area contributed by atoms with Crippen molar-refractivity contribution in [2.45, 2.75) is 38.8 Å². The molecule has 1 N–H and O–H groups in total. The number of aryl methyl sites for hydroxylation is 1. The van der Waals surface area contributed by atoms with E-state index >= 15 is 0 Å². The van der Waals surface area contributed by atoms with Crippen molar-refractivity contribution in [3.63, 3.8) is 0 Å². The Balaban J connectivity index is 1.61. The van der Waals surface area contributed by atoms with Crippen molar-refractivity contribution in [1.82, 2.24) is 10.2 Å². The van der Waals surface area contributed by atoms with Crippen molar-refractivity contribution < 1.29 is 18.4 Å². The fraction of sp³-hybridized carbons (Fsp3) is 0.526. The number of rotatable bonds is 7. The Labute approximate surface area is 148 Å². The molecule has 1 saturated heterocycles. The number of nitrogens with zero attached hydrogens (tertiary/aromatic N) is 1. The number of carbonyl (C=O) groups excluding carboxylic acids is 1. The van der Waals surface area contributed by atoms with Gasteiger partial charge in [-0.15, -0.1) is 0 Å². The van der Waals surface area contributed by atoms with Gasteiger partial charge in [0.2, 0.25) is 0 Å². The van der Waals surface area contributed by atoms with Gasteiger partial charge >= 0.3 is 5.97 Å². The predicted octanol–water partition coefficient (Wildman–Crippen LogP) is 3.28. The molecule has 6 heteroatoms. The summed E-state index contributed by atoms with van der Waals surface area (Å²) in [5.74, 6) is 1.94. The Hall–Kier alpha value is -2.05. The van der Waals surface area contributed by atoms with Crippen molar-refractivity contribution in [3.8, 4) is 0 Å². The summed E-state index contributed by atoms with van der Waals surface area (Å²) in [4.78, 5) is 14.1. The Bertz CT molecular complexity index is 672. The van der Waals surface area contributed by atoms with Gasteiger partial charge in [-0.05, 0) is 51.1 Å². The first-order valence-corrected chi connectivity index (χ1v) is 8.85. The normalized spacial score (nSPS) is 16.7. The lowest BCUT2D eigenvalue weighted by Crippen LogP contribution is -2.38. The maximum absolute atomic E-state index is 11.7. The number of piperidine rings is 1.